The van der Waals surface area contributed by atoms with Crippen LogP contribution in [-0.4, -0.2) is 27.2 Å². The van der Waals surface area contributed by atoms with Crippen LogP contribution in [0.25, 0.3) is 10.2 Å². The Kier molecular flexibility index (Phi) is 5.38. The monoisotopic (exact) mass is 433 g/mol. The number of halogens is 1. The summed E-state index contributed by atoms with van der Waals surface area (Å²) >= 11 is 5.09. The molecule has 1 aromatic carbocycles. The summed E-state index contributed by atoms with van der Waals surface area (Å²) in [6, 6.07) is 7.98. The Morgan fingerprint density at radius 1 is 1.27 bits per heavy atom. The molecule has 0 bridgehead atoms. The van der Waals surface area contributed by atoms with Crippen molar-refractivity contribution in [3.05, 3.63) is 46.7 Å². The minimum atomic E-state index is -0.284. The maximum Gasteiger partial charge on any atom is 0.184 e. The molecule has 0 aliphatic heterocycles. The number of thiazole rings is 1. The fourth-order valence-corrected chi connectivity index (χ4v) is 4.50. The van der Waals surface area contributed by atoms with Crippen LogP contribution in [0.2, 0.25) is 0 Å². The van der Waals surface area contributed by atoms with Crippen molar-refractivity contribution in [2.24, 2.45) is 0 Å². The zero-order valence-electron chi connectivity index (χ0n) is 14.2. The van der Waals surface area contributed by atoms with E-state index in [9.17, 15) is 5.11 Å². The normalized spacial score (nSPS) is 20.2. The molecule has 136 valence electrons. The quantitative estimate of drug-likeness (QED) is 0.607. The smallest absolute Gasteiger partial charge is 0.184 e. The number of benzene rings is 1. The molecule has 2 N–H and O–H groups in total. The van der Waals surface area contributed by atoms with E-state index in [1.54, 1.807) is 23.7 Å². The molecule has 26 heavy (non-hydrogen) atoms. The van der Waals surface area contributed by atoms with Crippen molar-refractivity contribution in [3.8, 4) is 5.75 Å². The maximum absolute atomic E-state index is 10.1. The van der Waals surface area contributed by atoms with Gasteiger partial charge >= 0.3 is 0 Å². The van der Waals surface area contributed by atoms with Gasteiger partial charge in [-0.25, -0.2) is 4.98 Å². The number of nitrogens with zero attached hydrogens (tertiary/aromatic N) is 2. The number of hydrogen-bond donors (Lipinski definition) is 2. The number of pyridine rings is 1. The first kappa shape index (κ1) is 17.7. The van der Waals surface area contributed by atoms with Gasteiger partial charge in [0.05, 0.1) is 22.4 Å². The molecule has 2 atom stereocenters. The third kappa shape index (κ3) is 4.00. The molecule has 2 aromatic heterocycles. The Bertz CT molecular complexity index is 901. The third-order valence-corrected chi connectivity index (χ3v) is 6.31. The summed E-state index contributed by atoms with van der Waals surface area (Å²) in [6.07, 6.45) is 7.36. The lowest BCUT2D eigenvalue weighted by Gasteiger charge is -2.27. The summed E-state index contributed by atoms with van der Waals surface area (Å²) < 4.78 is 7.93. The van der Waals surface area contributed by atoms with Gasteiger partial charge in [-0.2, -0.15) is 0 Å². The first-order valence-corrected chi connectivity index (χ1v) is 10.4. The Morgan fingerprint density at radius 2 is 2.15 bits per heavy atom. The van der Waals surface area contributed by atoms with Gasteiger partial charge in [0.2, 0.25) is 0 Å². The predicted molar refractivity (Wildman–Crippen MR) is 108 cm³/mol. The fraction of sp³-hybridized carbons (Fsp3) is 0.368. The van der Waals surface area contributed by atoms with Gasteiger partial charge in [-0.05, 0) is 53.0 Å². The van der Waals surface area contributed by atoms with E-state index >= 15 is 0 Å². The maximum atomic E-state index is 10.1. The summed E-state index contributed by atoms with van der Waals surface area (Å²) in [5, 5.41) is 14.4. The lowest BCUT2D eigenvalue weighted by atomic mass is 9.93. The van der Waals surface area contributed by atoms with Gasteiger partial charge in [-0.3, -0.25) is 4.98 Å². The van der Waals surface area contributed by atoms with Gasteiger partial charge in [0.1, 0.15) is 12.4 Å². The Hall–Kier alpha value is -1.70. The highest BCUT2D eigenvalue weighted by atomic mass is 79.9. The zero-order valence-corrected chi connectivity index (χ0v) is 16.6. The van der Waals surface area contributed by atoms with Crippen molar-refractivity contribution in [2.75, 3.05) is 5.32 Å². The van der Waals surface area contributed by atoms with Crippen molar-refractivity contribution < 1.29 is 9.84 Å². The van der Waals surface area contributed by atoms with Crippen LogP contribution < -0.4 is 10.1 Å². The van der Waals surface area contributed by atoms with Crippen molar-refractivity contribution in [3.63, 3.8) is 0 Å². The van der Waals surface area contributed by atoms with Gasteiger partial charge in [0.15, 0.2) is 5.13 Å². The van der Waals surface area contributed by atoms with E-state index in [4.69, 9.17) is 4.74 Å². The highest BCUT2D eigenvalue weighted by Crippen LogP contribution is 2.31. The van der Waals surface area contributed by atoms with Gasteiger partial charge < -0.3 is 15.2 Å². The number of ether oxygens (including phenoxy) is 1. The number of rotatable bonds is 5. The molecule has 0 spiro atoms. The standard InChI is InChI=1S/C19H20BrN3O2S/c20-14-10-21-8-7-12(14)11-25-13-5-6-16-18(9-13)26-19(23-16)22-15-3-1-2-4-17(15)24/h5-10,15,17,24H,1-4,11H2,(H,22,23)/t15-,17-/m0/s1. The van der Waals surface area contributed by atoms with Crippen LogP contribution in [0.3, 0.4) is 0 Å². The second kappa shape index (κ2) is 7.90. The van der Waals surface area contributed by atoms with Crippen LogP contribution in [0.1, 0.15) is 31.2 Å². The van der Waals surface area contributed by atoms with E-state index in [1.165, 1.54) is 0 Å². The van der Waals surface area contributed by atoms with Crippen LogP contribution in [0, 0.1) is 0 Å². The summed E-state index contributed by atoms with van der Waals surface area (Å²) in [5.74, 6) is 0.814. The SMILES string of the molecule is O[C@H]1CCCC[C@@H]1Nc1nc2ccc(OCc3ccncc3Br)cc2s1. The van der Waals surface area contributed by atoms with Crippen LogP contribution in [0.15, 0.2) is 41.1 Å². The first-order chi connectivity index (χ1) is 12.7. The number of fused-ring (bicyclic) bond motifs is 1. The molecule has 5 nitrogen and oxygen atoms in total. The number of hydrogen-bond acceptors (Lipinski definition) is 6. The van der Waals surface area contributed by atoms with Gasteiger partial charge in [0.25, 0.3) is 0 Å². The van der Waals surface area contributed by atoms with Crippen LogP contribution in [-0.2, 0) is 6.61 Å². The Morgan fingerprint density at radius 3 is 3.00 bits per heavy atom. The molecule has 2 heterocycles. The highest BCUT2D eigenvalue weighted by molar-refractivity contribution is 9.10. The molecule has 0 saturated heterocycles. The lowest BCUT2D eigenvalue weighted by molar-refractivity contribution is 0.116. The molecule has 1 fully saturated rings. The fourth-order valence-electron chi connectivity index (χ4n) is 3.18. The molecule has 7 heteroatoms. The second-order valence-electron chi connectivity index (χ2n) is 6.51. The van der Waals surface area contributed by atoms with E-state index in [1.807, 2.05) is 24.3 Å². The molecule has 1 aliphatic rings. The van der Waals surface area contributed by atoms with E-state index in [-0.39, 0.29) is 12.1 Å². The highest BCUT2D eigenvalue weighted by Gasteiger charge is 2.23. The summed E-state index contributed by atoms with van der Waals surface area (Å²) in [4.78, 5) is 8.70. The van der Waals surface area contributed by atoms with Crippen LogP contribution in [0.4, 0.5) is 5.13 Å². The number of nitrogens with one attached hydrogen (secondary N) is 1. The molecular weight excluding hydrogens is 414 g/mol. The topological polar surface area (TPSA) is 67.3 Å². The van der Waals surface area contributed by atoms with Crippen molar-refractivity contribution >= 4 is 42.6 Å². The van der Waals surface area contributed by atoms with Crippen molar-refractivity contribution in [1.82, 2.24) is 9.97 Å². The zero-order chi connectivity index (χ0) is 17.9. The summed E-state index contributed by atoms with van der Waals surface area (Å²) in [5.41, 5.74) is 2.00. The Balaban J connectivity index is 1.46. The Labute approximate surface area is 164 Å². The van der Waals surface area contributed by atoms with Crippen LogP contribution >= 0.6 is 27.3 Å². The molecule has 0 amide bonds. The largest absolute Gasteiger partial charge is 0.489 e. The predicted octanol–water partition coefficient (Wildman–Crippen LogP) is 4.75. The van der Waals surface area contributed by atoms with Crippen molar-refractivity contribution in [2.45, 2.75) is 44.4 Å². The molecule has 0 unspecified atom stereocenters. The summed E-state index contributed by atoms with van der Waals surface area (Å²) in [7, 11) is 0. The number of aliphatic hydroxyl groups is 1. The lowest BCUT2D eigenvalue weighted by Crippen LogP contribution is -2.36. The molecule has 1 aliphatic carbocycles. The number of anilines is 1. The van der Waals surface area contributed by atoms with Gasteiger partial charge in [-0.15, -0.1) is 0 Å². The van der Waals surface area contributed by atoms with Gasteiger partial charge in [0, 0.05) is 22.4 Å². The van der Waals surface area contributed by atoms with Gasteiger partial charge in [-0.1, -0.05) is 24.2 Å². The summed E-state index contributed by atoms with van der Waals surface area (Å²) in [6.45, 7) is 0.479. The molecule has 3 aromatic rings. The number of aliphatic hydroxyl groups excluding tert-OH is 1. The van der Waals surface area contributed by atoms with E-state index in [0.717, 1.165) is 56.8 Å². The average Bonchev–Trinajstić information content (AvgIpc) is 3.04. The third-order valence-electron chi connectivity index (χ3n) is 4.65. The molecule has 0 radical (unpaired) electrons. The van der Waals surface area contributed by atoms with E-state index in [0.29, 0.717) is 6.61 Å². The van der Waals surface area contributed by atoms with E-state index in [2.05, 4.69) is 31.2 Å². The average molecular weight is 434 g/mol. The van der Waals surface area contributed by atoms with Crippen LogP contribution in [0.5, 0.6) is 5.75 Å². The molecule has 1 saturated carbocycles. The second-order valence-corrected chi connectivity index (χ2v) is 8.39. The molecular formula is C19H20BrN3O2S. The first-order valence-electron chi connectivity index (χ1n) is 8.75. The minimum absolute atomic E-state index is 0.101. The van der Waals surface area contributed by atoms with E-state index < -0.39 is 0 Å². The minimum Gasteiger partial charge on any atom is -0.489 e. The van der Waals surface area contributed by atoms with Crippen molar-refractivity contribution in [1.29, 1.82) is 0 Å². The number of aromatic nitrogens is 2. The molecule has 4 rings (SSSR count).